The number of hydrogen-bond donors (Lipinski definition) is 1. The Balaban J connectivity index is 1.58. The smallest absolute Gasteiger partial charge is 0.264 e. The van der Waals surface area contributed by atoms with Crippen LogP contribution >= 0.6 is 0 Å². The van der Waals surface area contributed by atoms with Crippen molar-refractivity contribution in [3.8, 4) is 11.5 Å². The molecule has 1 heterocycles. The van der Waals surface area contributed by atoms with E-state index in [0.717, 1.165) is 24.1 Å². The van der Waals surface area contributed by atoms with Gasteiger partial charge in [0.25, 0.3) is 15.9 Å². The highest BCUT2D eigenvalue weighted by Gasteiger charge is 2.29. The molecule has 0 radical (unpaired) electrons. The summed E-state index contributed by atoms with van der Waals surface area (Å²) in [4.78, 5) is 13.0. The highest BCUT2D eigenvalue weighted by atomic mass is 32.2. The Kier molecular flexibility index (Phi) is 6.05. The summed E-state index contributed by atoms with van der Waals surface area (Å²) >= 11 is 0. The summed E-state index contributed by atoms with van der Waals surface area (Å²) < 4.78 is 38.6. The standard InChI is InChI=1S/C24H24N2O5S/c1-30-21-10-5-11-22(31-2)23(21)24(27)25-18-12-14-19(15-13-18)32(28,29)26-16-6-8-17-7-3-4-9-20(17)26/h3-5,7,9-15H,6,8,16H2,1-2H3,(H,25,27). The minimum atomic E-state index is -3.71. The number of fused-ring (bicyclic) bond motifs is 1. The zero-order chi connectivity index (χ0) is 22.7. The van der Waals surface area contributed by atoms with Crippen LogP contribution in [-0.4, -0.2) is 35.1 Å². The predicted octanol–water partition coefficient (Wildman–Crippen LogP) is 4.10. The lowest BCUT2D eigenvalue weighted by atomic mass is 10.0. The summed E-state index contributed by atoms with van der Waals surface area (Å²) in [6, 6.07) is 18.8. The van der Waals surface area contributed by atoms with Crippen molar-refractivity contribution in [2.45, 2.75) is 17.7 Å². The van der Waals surface area contributed by atoms with Gasteiger partial charge in [0.1, 0.15) is 17.1 Å². The second-order valence-corrected chi connectivity index (χ2v) is 9.19. The fourth-order valence-electron chi connectivity index (χ4n) is 3.85. The van der Waals surface area contributed by atoms with Crippen LogP contribution in [0.3, 0.4) is 0 Å². The molecule has 32 heavy (non-hydrogen) atoms. The quantitative estimate of drug-likeness (QED) is 0.609. The molecule has 0 aromatic heterocycles. The van der Waals surface area contributed by atoms with E-state index in [1.807, 2.05) is 24.3 Å². The second-order valence-electron chi connectivity index (χ2n) is 7.33. The molecule has 0 fully saturated rings. The van der Waals surface area contributed by atoms with Gasteiger partial charge in [0.05, 0.1) is 24.8 Å². The molecule has 1 aliphatic heterocycles. The molecule has 0 atom stereocenters. The average molecular weight is 453 g/mol. The predicted molar refractivity (Wildman–Crippen MR) is 123 cm³/mol. The zero-order valence-electron chi connectivity index (χ0n) is 17.9. The van der Waals surface area contributed by atoms with Crippen molar-refractivity contribution >= 4 is 27.3 Å². The number of nitrogens with one attached hydrogen (secondary N) is 1. The van der Waals surface area contributed by atoms with E-state index < -0.39 is 15.9 Å². The first-order valence-corrected chi connectivity index (χ1v) is 11.6. The number of ether oxygens (including phenoxy) is 2. The molecule has 8 heteroatoms. The topological polar surface area (TPSA) is 84.9 Å². The fourth-order valence-corrected chi connectivity index (χ4v) is 5.40. The molecule has 166 valence electrons. The summed E-state index contributed by atoms with van der Waals surface area (Å²) in [6.07, 6.45) is 1.63. The molecule has 0 aliphatic carbocycles. The molecule has 3 aromatic rings. The summed E-state index contributed by atoms with van der Waals surface area (Å²) in [7, 11) is -0.761. The molecule has 7 nitrogen and oxygen atoms in total. The van der Waals surface area contributed by atoms with Gasteiger partial charge in [-0.25, -0.2) is 8.42 Å². The van der Waals surface area contributed by atoms with Gasteiger partial charge in [-0.3, -0.25) is 9.10 Å². The number of rotatable bonds is 6. The molecule has 1 amide bonds. The van der Waals surface area contributed by atoms with Crippen LogP contribution in [0.4, 0.5) is 11.4 Å². The van der Waals surface area contributed by atoms with Crippen LogP contribution < -0.4 is 19.1 Å². The molecule has 1 aliphatic rings. The maximum absolute atomic E-state index is 13.3. The van der Waals surface area contributed by atoms with Crippen molar-refractivity contribution in [3.05, 3.63) is 77.9 Å². The van der Waals surface area contributed by atoms with Gasteiger partial charge in [-0.05, 0) is 60.9 Å². The lowest BCUT2D eigenvalue weighted by Crippen LogP contribution is -2.35. The molecule has 4 rings (SSSR count). The number of methoxy groups -OCH3 is 2. The van der Waals surface area contributed by atoms with Gasteiger partial charge in [-0.2, -0.15) is 0 Å². The van der Waals surface area contributed by atoms with Gasteiger partial charge >= 0.3 is 0 Å². The van der Waals surface area contributed by atoms with E-state index in [-0.39, 0.29) is 10.5 Å². The number of hydrogen-bond acceptors (Lipinski definition) is 5. The number of carbonyl (C=O) groups is 1. The van der Waals surface area contributed by atoms with E-state index in [1.165, 1.54) is 30.7 Å². The van der Waals surface area contributed by atoms with Crippen LogP contribution in [0.15, 0.2) is 71.6 Å². The lowest BCUT2D eigenvalue weighted by molar-refractivity contribution is 0.102. The third-order valence-corrected chi connectivity index (χ3v) is 7.25. The molecule has 3 aromatic carbocycles. The molecular formula is C24H24N2O5S. The Labute approximate surface area is 187 Å². The minimum Gasteiger partial charge on any atom is -0.496 e. The summed E-state index contributed by atoms with van der Waals surface area (Å²) in [6.45, 7) is 0.436. The fraction of sp³-hybridized carbons (Fsp3) is 0.208. The van der Waals surface area contributed by atoms with E-state index in [2.05, 4.69) is 5.32 Å². The largest absolute Gasteiger partial charge is 0.496 e. The number of aryl methyl sites for hydroxylation is 1. The third-order valence-electron chi connectivity index (χ3n) is 5.42. The Bertz CT molecular complexity index is 1220. The highest BCUT2D eigenvalue weighted by Crippen LogP contribution is 2.32. The van der Waals surface area contributed by atoms with Crippen LogP contribution in [0.5, 0.6) is 11.5 Å². The molecule has 0 saturated carbocycles. The van der Waals surface area contributed by atoms with E-state index >= 15 is 0 Å². The van der Waals surface area contributed by atoms with Crippen molar-refractivity contribution in [2.75, 3.05) is 30.4 Å². The zero-order valence-corrected chi connectivity index (χ0v) is 18.7. The second kappa shape index (κ2) is 8.92. The first-order chi connectivity index (χ1) is 15.5. The third kappa shape index (κ3) is 4.01. The number of nitrogens with zero attached hydrogens (tertiary/aromatic N) is 1. The van der Waals surface area contributed by atoms with Crippen molar-refractivity contribution < 1.29 is 22.7 Å². The van der Waals surface area contributed by atoms with Crippen LogP contribution in [-0.2, 0) is 16.4 Å². The number of anilines is 2. The summed E-state index contributed by atoms with van der Waals surface area (Å²) in [5, 5.41) is 2.77. The molecule has 0 unspecified atom stereocenters. The monoisotopic (exact) mass is 452 g/mol. The van der Waals surface area contributed by atoms with Crippen molar-refractivity contribution in [1.82, 2.24) is 0 Å². The minimum absolute atomic E-state index is 0.169. The first kappa shape index (κ1) is 21.7. The number of benzene rings is 3. The Morgan fingerprint density at radius 1 is 0.906 bits per heavy atom. The van der Waals surface area contributed by atoms with E-state index in [1.54, 1.807) is 30.3 Å². The van der Waals surface area contributed by atoms with Crippen molar-refractivity contribution in [2.24, 2.45) is 0 Å². The highest BCUT2D eigenvalue weighted by molar-refractivity contribution is 7.92. The van der Waals surface area contributed by atoms with E-state index in [9.17, 15) is 13.2 Å². The Morgan fingerprint density at radius 3 is 2.22 bits per heavy atom. The molecule has 0 saturated heterocycles. The summed E-state index contributed by atoms with van der Waals surface area (Å²) in [5.41, 5.74) is 2.47. The van der Waals surface area contributed by atoms with Crippen LogP contribution in [0, 0.1) is 0 Å². The number of carbonyl (C=O) groups excluding carboxylic acids is 1. The first-order valence-electron chi connectivity index (χ1n) is 10.2. The number of sulfonamides is 1. The maximum atomic E-state index is 13.3. The molecular weight excluding hydrogens is 428 g/mol. The van der Waals surface area contributed by atoms with E-state index in [4.69, 9.17) is 9.47 Å². The van der Waals surface area contributed by atoms with E-state index in [0.29, 0.717) is 23.7 Å². The molecule has 0 bridgehead atoms. The molecule has 0 spiro atoms. The van der Waals surface area contributed by atoms with Crippen LogP contribution in [0.25, 0.3) is 0 Å². The summed E-state index contributed by atoms with van der Waals surface area (Å²) in [5.74, 6) is 0.342. The number of para-hydroxylation sites is 1. The van der Waals surface area contributed by atoms with Gasteiger partial charge in [-0.1, -0.05) is 24.3 Å². The Hall–Kier alpha value is -3.52. The lowest BCUT2D eigenvalue weighted by Gasteiger charge is -2.30. The van der Waals surface area contributed by atoms with Crippen LogP contribution in [0.1, 0.15) is 22.3 Å². The van der Waals surface area contributed by atoms with Gasteiger partial charge in [0.2, 0.25) is 0 Å². The number of amides is 1. The Morgan fingerprint density at radius 2 is 1.56 bits per heavy atom. The van der Waals surface area contributed by atoms with Crippen LogP contribution in [0.2, 0.25) is 0 Å². The van der Waals surface area contributed by atoms with Gasteiger partial charge in [0, 0.05) is 12.2 Å². The van der Waals surface area contributed by atoms with Crippen molar-refractivity contribution in [1.29, 1.82) is 0 Å². The van der Waals surface area contributed by atoms with Gasteiger partial charge in [0.15, 0.2) is 0 Å². The SMILES string of the molecule is COc1cccc(OC)c1C(=O)Nc1ccc(S(=O)(=O)N2CCCc3ccccc32)cc1. The van der Waals surface area contributed by atoms with Crippen molar-refractivity contribution in [3.63, 3.8) is 0 Å². The normalized spacial score (nSPS) is 13.2. The maximum Gasteiger partial charge on any atom is 0.264 e. The van der Waals surface area contributed by atoms with Gasteiger partial charge in [-0.15, -0.1) is 0 Å². The average Bonchev–Trinajstić information content (AvgIpc) is 2.83. The van der Waals surface area contributed by atoms with Gasteiger partial charge < -0.3 is 14.8 Å². The molecule has 1 N–H and O–H groups in total.